The average molecular weight is 183 g/mol. The van der Waals surface area contributed by atoms with E-state index < -0.39 is 5.97 Å². The molecule has 0 aromatic carbocycles. The van der Waals surface area contributed by atoms with Gasteiger partial charge in [0.1, 0.15) is 0 Å². The quantitative estimate of drug-likeness (QED) is 0.462. The van der Waals surface area contributed by atoms with Gasteiger partial charge in [0.2, 0.25) is 5.91 Å². The van der Waals surface area contributed by atoms with Crippen LogP contribution < -0.4 is 5.32 Å². The molecule has 0 aliphatic carbocycles. The summed E-state index contributed by atoms with van der Waals surface area (Å²) in [7, 11) is 0. The van der Waals surface area contributed by atoms with Gasteiger partial charge in [0.05, 0.1) is 0 Å². The van der Waals surface area contributed by atoms with Crippen molar-refractivity contribution < 1.29 is 14.7 Å². The summed E-state index contributed by atoms with van der Waals surface area (Å²) in [6.07, 6.45) is 6.23. The standard InChI is InChI=1S/C9H13NO3/c1-2-3-5-8(11)10-7-4-6-9(12)13/h1H,3-7H2,(H,10,11)(H,12,13). The van der Waals surface area contributed by atoms with Gasteiger partial charge in [0.15, 0.2) is 0 Å². The van der Waals surface area contributed by atoms with E-state index >= 15 is 0 Å². The summed E-state index contributed by atoms with van der Waals surface area (Å²) in [5.74, 6) is 1.38. The number of carboxylic acid groups (broad SMARTS) is 1. The summed E-state index contributed by atoms with van der Waals surface area (Å²) in [6, 6.07) is 0. The highest BCUT2D eigenvalue weighted by Gasteiger charge is 2.00. The Kier molecular flexibility index (Phi) is 6.34. The Morgan fingerprint density at radius 3 is 2.62 bits per heavy atom. The predicted molar refractivity (Wildman–Crippen MR) is 47.9 cm³/mol. The van der Waals surface area contributed by atoms with Crippen LogP contribution in [-0.2, 0) is 9.59 Å². The molecule has 0 aliphatic heterocycles. The van der Waals surface area contributed by atoms with E-state index in [0.29, 0.717) is 25.8 Å². The van der Waals surface area contributed by atoms with E-state index in [0.717, 1.165) is 0 Å². The van der Waals surface area contributed by atoms with Crippen LogP contribution in [0.5, 0.6) is 0 Å². The normalized spacial score (nSPS) is 8.85. The van der Waals surface area contributed by atoms with Crippen molar-refractivity contribution in [2.24, 2.45) is 0 Å². The fourth-order valence-corrected chi connectivity index (χ4v) is 0.742. The highest BCUT2D eigenvalue weighted by Crippen LogP contribution is 1.89. The minimum atomic E-state index is -0.849. The maximum Gasteiger partial charge on any atom is 0.303 e. The Labute approximate surface area is 77.3 Å². The number of aliphatic carboxylic acids is 1. The van der Waals surface area contributed by atoms with Crippen molar-refractivity contribution in [3.63, 3.8) is 0 Å². The first-order valence-electron chi connectivity index (χ1n) is 4.08. The average Bonchev–Trinajstić information content (AvgIpc) is 2.08. The molecular weight excluding hydrogens is 170 g/mol. The van der Waals surface area contributed by atoms with Gasteiger partial charge >= 0.3 is 5.97 Å². The molecule has 0 aliphatic rings. The SMILES string of the molecule is C#CCCC(=O)NCCCC(=O)O. The second kappa shape index (κ2) is 7.17. The molecule has 72 valence electrons. The topological polar surface area (TPSA) is 66.4 Å². The molecule has 0 radical (unpaired) electrons. The number of carbonyl (C=O) groups excluding carboxylic acids is 1. The molecule has 1 amide bonds. The number of carbonyl (C=O) groups is 2. The zero-order valence-electron chi connectivity index (χ0n) is 7.38. The zero-order chi connectivity index (χ0) is 10.1. The van der Waals surface area contributed by atoms with Gasteiger partial charge in [0.25, 0.3) is 0 Å². The van der Waals surface area contributed by atoms with Crippen LogP contribution in [0.15, 0.2) is 0 Å². The van der Waals surface area contributed by atoms with Gasteiger partial charge in [-0.15, -0.1) is 12.3 Å². The lowest BCUT2D eigenvalue weighted by atomic mass is 10.3. The lowest BCUT2D eigenvalue weighted by Crippen LogP contribution is -2.24. The number of nitrogens with one attached hydrogen (secondary N) is 1. The molecule has 4 nitrogen and oxygen atoms in total. The lowest BCUT2D eigenvalue weighted by Gasteiger charge is -2.01. The molecule has 0 heterocycles. The highest BCUT2D eigenvalue weighted by atomic mass is 16.4. The summed E-state index contributed by atoms with van der Waals surface area (Å²) in [5.41, 5.74) is 0. The second-order valence-electron chi connectivity index (χ2n) is 2.55. The Hall–Kier alpha value is -1.50. The van der Waals surface area contributed by atoms with Gasteiger partial charge in [0, 0.05) is 25.8 Å². The van der Waals surface area contributed by atoms with Crippen LogP contribution in [0.1, 0.15) is 25.7 Å². The van der Waals surface area contributed by atoms with E-state index in [9.17, 15) is 9.59 Å². The Bertz CT molecular complexity index is 217. The van der Waals surface area contributed by atoms with Crippen molar-refractivity contribution in [3.05, 3.63) is 0 Å². The fourth-order valence-electron chi connectivity index (χ4n) is 0.742. The van der Waals surface area contributed by atoms with Gasteiger partial charge in [-0.2, -0.15) is 0 Å². The number of terminal acetylenes is 1. The Morgan fingerprint density at radius 2 is 2.08 bits per heavy atom. The molecule has 0 saturated carbocycles. The molecule has 0 rings (SSSR count). The monoisotopic (exact) mass is 183 g/mol. The first-order valence-corrected chi connectivity index (χ1v) is 4.08. The molecular formula is C9H13NO3. The summed E-state index contributed by atoms with van der Waals surface area (Å²) in [6.45, 7) is 0.399. The number of hydrogen-bond donors (Lipinski definition) is 2. The molecule has 0 atom stereocenters. The number of carboxylic acids is 1. The van der Waals surface area contributed by atoms with Gasteiger partial charge in [-0.3, -0.25) is 9.59 Å². The van der Waals surface area contributed by atoms with E-state index in [2.05, 4.69) is 11.2 Å². The van der Waals surface area contributed by atoms with Gasteiger partial charge < -0.3 is 10.4 Å². The molecule has 0 bridgehead atoms. The summed E-state index contributed by atoms with van der Waals surface area (Å²) in [4.78, 5) is 21.0. The van der Waals surface area contributed by atoms with Crippen molar-refractivity contribution >= 4 is 11.9 Å². The van der Waals surface area contributed by atoms with E-state index in [4.69, 9.17) is 11.5 Å². The van der Waals surface area contributed by atoms with Gasteiger partial charge in [-0.1, -0.05) is 0 Å². The second-order valence-corrected chi connectivity index (χ2v) is 2.55. The molecule has 0 spiro atoms. The smallest absolute Gasteiger partial charge is 0.303 e. The summed E-state index contributed by atoms with van der Waals surface area (Å²) in [5, 5.41) is 10.9. The Balaban J connectivity index is 3.28. The number of hydrogen-bond acceptors (Lipinski definition) is 2. The largest absolute Gasteiger partial charge is 0.481 e. The zero-order valence-corrected chi connectivity index (χ0v) is 7.38. The third-order valence-electron chi connectivity index (χ3n) is 1.39. The molecule has 4 heteroatoms. The first kappa shape index (κ1) is 11.5. The Morgan fingerprint density at radius 1 is 1.38 bits per heavy atom. The third kappa shape index (κ3) is 8.41. The highest BCUT2D eigenvalue weighted by molar-refractivity contribution is 5.76. The van der Waals surface area contributed by atoms with E-state index in [1.807, 2.05) is 0 Å². The molecule has 0 saturated heterocycles. The van der Waals surface area contributed by atoms with Crippen LogP contribution in [-0.4, -0.2) is 23.5 Å². The van der Waals surface area contributed by atoms with Crippen LogP contribution in [0.4, 0.5) is 0 Å². The minimum Gasteiger partial charge on any atom is -0.481 e. The van der Waals surface area contributed by atoms with Crippen molar-refractivity contribution in [2.75, 3.05) is 6.54 Å². The van der Waals surface area contributed by atoms with Crippen LogP contribution >= 0.6 is 0 Å². The van der Waals surface area contributed by atoms with Crippen LogP contribution in [0.3, 0.4) is 0 Å². The van der Waals surface area contributed by atoms with Gasteiger partial charge in [-0.25, -0.2) is 0 Å². The van der Waals surface area contributed by atoms with Crippen LogP contribution in [0.25, 0.3) is 0 Å². The van der Waals surface area contributed by atoms with Crippen molar-refractivity contribution in [3.8, 4) is 12.3 Å². The fraction of sp³-hybridized carbons (Fsp3) is 0.556. The molecule has 0 fully saturated rings. The van der Waals surface area contributed by atoms with E-state index in [1.54, 1.807) is 0 Å². The maximum atomic E-state index is 10.9. The van der Waals surface area contributed by atoms with Gasteiger partial charge in [-0.05, 0) is 6.42 Å². The summed E-state index contributed by atoms with van der Waals surface area (Å²) < 4.78 is 0. The summed E-state index contributed by atoms with van der Waals surface area (Å²) >= 11 is 0. The van der Waals surface area contributed by atoms with Crippen molar-refractivity contribution in [2.45, 2.75) is 25.7 Å². The molecule has 13 heavy (non-hydrogen) atoms. The van der Waals surface area contributed by atoms with Crippen molar-refractivity contribution in [1.29, 1.82) is 0 Å². The molecule has 0 aromatic rings. The number of rotatable bonds is 6. The van der Waals surface area contributed by atoms with Crippen LogP contribution in [0, 0.1) is 12.3 Å². The lowest BCUT2D eigenvalue weighted by molar-refractivity contribution is -0.137. The van der Waals surface area contributed by atoms with Crippen LogP contribution in [0.2, 0.25) is 0 Å². The minimum absolute atomic E-state index is 0.0788. The maximum absolute atomic E-state index is 10.9. The van der Waals surface area contributed by atoms with E-state index in [1.165, 1.54) is 0 Å². The van der Waals surface area contributed by atoms with E-state index in [-0.39, 0.29) is 12.3 Å². The predicted octanol–water partition coefficient (Wildman–Crippen LogP) is 0.381. The first-order chi connectivity index (χ1) is 6.16. The number of amides is 1. The molecule has 2 N–H and O–H groups in total. The third-order valence-corrected chi connectivity index (χ3v) is 1.39. The van der Waals surface area contributed by atoms with Crippen molar-refractivity contribution in [1.82, 2.24) is 5.32 Å². The molecule has 0 aromatic heterocycles. The molecule has 0 unspecified atom stereocenters.